The first-order chi connectivity index (χ1) is 10.0. The molecule has 2 aromatic carbocycles. The molecule has 5 heteroatoms. The summed E-state index contributed by atoms with van der Waals surface area (Å²) < 4.78 is 27.3. The monoisotopic (exact) mass is 289 g/mol. The molecule has 0 aliphatic carbocycles. The molecule has 0 aliphatic heterocycles. The second-order valence-corrected chi connectivity index (χ2v) is 4.68. The molecule has 0 atom stereocenters. The van der Waals surface area contributed by atoms with Crippen molar-refractivity contribution in [2.45, 2.75) is 13.5 Å². The fraction of sp³-hybridized carbons (Fsp3) is 0.188. The van der Waals surface area contributed by atoms with Crippen molar-refractivity contribution in [3.63, 3.8) is 0 Å². The number of hydrogen-bond acceptors (Lipinski definition) is 2. The third-order valence-corrected chi connectivity index (χ3v) is 3.30. The SMILES string of the molecule is CCN(Cc1cccc(C(=N)N)c1F)c1ccc(F)cc1. The van der Waals surface area contributed by atoms with Crippen molar-refractivity contribution >= 4 is 11.5 Å². The van der Waals surface area contributed by atoms with Gasteiger partial charge in [-0.1, -0.05) is 12.1 Å². The molecular weight excluding hydrogens is 272 g/mol. The summed E-state index contributed by atoms with van der Waals surface area (Å²) in [5.74, 6) is -1.08. The maximum Gasteiger partial charge on any atom is 0.139 e. The van der Waals surface area contributed by atoms with Gasteiger partial charge in [0.15, 0.2) is 0 Å². The van der Waals surface area contributed by atoms with Gasteiger partial charge in [-0.05, 0) is 37.3 Å². The molecule has 2 rings (SSSR count). The lowest BCUT2D eigenvalue weighted by molar-refractivity contribution is 0.602. The van der Waals surface area contributed by atoms with Gasteiger partial charge in [0, 0.05) is 24.3 Å². The summed E-state index contributed by atoms with van der Waals surface area (Å²) in [6.45, 7) is 2.92. The van der Waals surface area contributed by atoms with Crippen molar-refractivity contribution in [1.82, 2.24) is 0 Å². The van der Waals surface area contributed by atoms with Gasteiger partial charge in [-0.15, -0.1) is 0 Å². The summed E-state index contributed by atoms with van der Waals surface area (Å²) in [5, 5.41) is 7.37. The Morgan fingerprint density at radius 3 is 2.38 bits per heavy atom. The molecule has 0 aromatic heterocycles. The number of nitrogen functional groups attached to an aromatic ring is 1. The first kappa shape index (κ1) is 15.0. The van der Waals surface area contributed by atoms with Crippen molar-refractivity contribution in [1.29, 1.82) is 5.41 Å². The molecule has 3 nitrogen and oxygen atoms in total. The van der Waals surface area contributed by atoms with Crippen LogP contribution in [0.1, 0.15) is 18.1 Å². The molecule has 2 aromatic rings. The van der Waals surface area contributed by atoms with Gasteiger partial charge < -0.3 is 10.6 Å². The fourth-order valence-corrected chi connectivity index (χ4v) is 2.15. The minimum absolute atomic E-state index is 0.0997. The van der Waals surface area contributed by atoms with Crippen molar-refractivity contribution < 1.29 is 8.78 Å². The quantitative estimate of drug-likeness (QED) is 0.655. The zero-order valence-corrected chi connectivity index (χ0v) is 11.7. The Labute approximate surface area is 122 Å². The number of halogens is 2. The Morgan fingerprint density at radius 2 is 1.81 bits per heavy atom. The van der Waals surface area contributed by atoms with Gasteiger partial charge in [-0.25, -0.2) is 8.78 Å². The molecule has 0 radical (unpaired) electrons. The third kappa shape index (κ3) is 3.37. The first-order valence-corrected chi connectivity index (χ1v) is 6.65. The number of anilines is 1. The third-order valence-electron chi connectivity index (χ3n) is 3.30. The number of amidine groups is 1. The highest BCUT2D eigenvalue weighted by atomic mass is 19.1. The molecular formula is C16H17F2N3. The Bertz CT molecular complexity index is 638. The van der Waals surface area contributed by atoms with Crippen molar-refractivity contribution in [2.24, 2.45) is 5.73 Å². The predicted octanol–water partition coefficient (Wildman–Crippen LogP) is 3.28. The van der Waals surface area contributed by atoms with Crippen LogP contribution in [0.4, 0.5) is 14.5 Å². The van der Waals surface area contributed by atoms with E-state index in [1.807, 2.05) is 11.8 Å². The van der Waals surface area contributed by atoms with Crippen LogP contribution in [0.25, 0.3) is 0 Å². The first-order valence-electron chi connectivity index (χ1n) is 6.65. The second kappa shape index (κ2) is 6.35. The molecule has 0 amide bonds. The van der Waals surface area contributed by atoms with E-state index in [-0.39, 0.29) is 17.2 Å². The summed E-state index contributed by atoms with van der Waals surface area (Å²) in [5.41, 5.74) is 6.73. The number of nitrogens with two attached hydrogens (primary N) is 1. The van der Waals surface area contributed by atoms with Crippen LogP contribution < -0.4 is 10.6 Å². The van der Waals surface area contributed by atoms with E-state index in [4.69, 9.17) is 11.1 Å². The lowest BCUT2D eigenvalue weighted by Crippen LogP contribution is -2.23. The van der Waals surface area contributed by atoms with Crippen molar-refractivity contribution in [3.05, 3.63) is 65.2 Å². The zero-order valence-electron chi connectivity index (χ0n) is 11.7. The molecule has 0 fully saturated rings. The molecule has 0 heterocycles. The van der Waals surface area contributed by atoms with Gasteiger partial charge in [-0.3, -0.25) is 5.41 Å². The standard InChI is InChI=1S/C16H17F2N3/c1-2-21(13-8-6-12(17)7-9-13)10-11-4-3-5-14(15(11)18)16(19)20/h3-9H,2,10H2,1H3,(H3,19,20). The number of nitrogens with zero attached hydrogens (tertiary/aromatic N) is 1. The largest absolute Gasteiger partial charge is 0.384 e. The zero-order chi connectivity index (χ0) is 15.4. The number of nitrogens with one attached hydrogen (secondary N) is 1. The predicted molar refractivity (Wildman–Crippen MR) is 80.5 cm³/mol. The van der Waals surface area contributed by atoms with E-state index >= 15 is 0 Å². The Morgan fingerprint density at radius 1 is 1.14 bits per heavy atom. The van der Waals surface area contributed by atoms with E-state index in [0.717, 1.165) is 5.69 Å². The topological polar surface area (TPSA) is 53.1 Å². The summed E-state index contributed by atoms with van der Waals surface area (Å²) in [7, 11) is 0. The highest BCUT2D eigenvalue weighted by molar-refractivity contribution is 5.95. The Balaban J connectivity index is 2.29. The lowest BCUT2D eigenvalue weighted by atomic mass is 10.1. The summed E-state index contributed by atoms with van der Waals surface area (Å²) in [6, 6.07) is 10.9. The lowest BCUT2D eigenvalue weighted by Gasteiger charge is -2.23. The van der Waals surface area contributed by atoms with Crippen LogP contribution in [0.2, 0.25) is 0 Å². The van der Waals surface area contributed by atoms with Gasteiger partial charge in [-0.2, -0.15) is 0 Å². The minimum Gasteiger partial charge on any atom is -0.384 e. The normalized spacial score (nSPS) is 10.4. The summed E-state index contributed by atoms with van der Waals surface area (Å²) in [6.07, 6.45) is 0. The van der Waals surface area contributed by atoms with Gasteiger partial charge in [0.1, 0.15) is 17.5 Å². The van der Waals surface area contributed by atoms with Crippen molar-refractivity contribution in [2.75, 3.05) is 11.4 Å². The maximum atomic E-state index is 14.3. The average Bonchev–Trinajstić information content (AvgIpc) is 2.47. The van der Waals surface area contributed by atoms with Crippen molar-refractivity contribution in [3.8, 4) is 0 Å². The molecule has 110 valence electrons. The van der Waals surface area contributed by atoms with Gasteiger partial charge in [0.05, 0.1) is 5.56 Å². The van der Waals surface area contributed by atoms with Gasteiger partial charge in [0.2, 0.25) is 0 Å². The highest BCUT2D eigenvalue weighted by Gasteiger charge is 2.13. The maximum absolute atomic E-state index is 14.3. The molecule has 0 spiro atoms. The van der Waals surface area contributed by atoms with E-state index in [9.17, 15) is 8.78 Å². The smallest absolute Gasteiger partial charge is 0.139 e. The molecule has 0 bridgehead atoms. The van der Waals surface area contributed by atoms with E-state index < -0.39 is 5.82 Å². The molecule has 0 unspecified atom stereocenters. The molecule has 21 heavy (non-hydrogen) atoms. The van der Waals surface area contributed by atoms with E-state index in [1.54, 1.807) is 24.3 Å². The van der Waals surface area contributed by atoms with E-state index in [1.165, 1.54) is 18.2 Å². The molecule has 3 N–H and O–H groups in total. The number of hydrogen-bond donors (Lipinski definition) is 2. The number of rotatable bonds is 5. The van der Waals surface area contributed by atoms with Gasteiger partial charge >= 0.3 is 0 Å². The van der Waals surface area contributed by atoms with Crippen LogP contribution in [-0.4, -0.2) is 12.4 Å². The average molecular weight is 289 g/mol. The molecule has 0 saturated carbocycles. The van der Waals surface area contributed by atoms with E-state index in [0.29, 0.717) is 18.7 Å². The van der Waals surface area contributed by atoms with Gasteiger partial charge in [0.25, 0.3) is 0 Å². The Hall–Kier alpha value is -2.43. The summed E-state index contributed by atoms with van der Waals surface area (Å²) >= 11 is 0. The number of benzene rings is 2. The van der Waals surface area contributed by atoms with Crippen LogP contribution in [0.3, 0.4) is 0 Å². The van der Waals surface area contributed by atoms with Crippen LogP contribution in [-0.2, 0) is 6.54 Å². The highest BCUT2D eigenvalue weighted by Crippen LogP contribution is 2.20. The van der Waals surface area contributed by atoms with Crippen LogP contribution >= 0.6 is 0 Å². The Kier molecular flexibility index (Phi) is 4.52. The second-order valence-electron chi connectivity index (χ2n) is 4.68. The fourth-order valence-electron chi connectivity index (χ4n) is 2.15. The minimum atomic E-state index is -0.481. The van der Waals surface area contributed by atoms with Crippen LogP contribution in [0, 0.1) is 17.0 Å². The van der Waals surface area contributed by atoms with E-state index in [2.05, 4.69) is 0 Å². The summed E-state index contributed by atoms with van der Waals surface area (Å²) in [4.78, 5) is 1.92. The van der Waals surface area contributed by atoms with Crippen LogP contribution in [0.15, 0.2) is 42.5 Å². The van der Waals surface area contributed by atoms with Crippen LogP contribution in [0.5, 0.6) is 0 Å². The molecule has 0 saturated heterocycles. The molecule has 0 aliphatic rings.